The van der Waals surface area contributed by atoms with Crippen LogP contribution in [0.15, 0.2) is 6.07 Å². The molecule has 22 heavy (non-hydrogen) atoms. The van der Waals surface area contributed by atoms with Crippen LogP contribution in [0.2, 0.25) is 0 Å². The van der Waals surface area contributed by atoms with Crippen LogP contribution in [0.1, 0.15) is 55.7 Å². The first kappa shape index (κ1) is 17.3. The minimum atomic E-state index is -0.0161. The normalized spacial score (nSPS) is 18.5. The number of aryl methyl sites for hydroxylation is 1. The second-order valence-corrected chi connectivity index (χ2v) is 7.13. The topological polar surface area (TPSA) is 12.5 Å². The molecule has 0 saturated carbocycles. The highest BCUT2D eigenvalue weighted by Gasteiger charge is 2.24. The fourth-order valence-corrected chi connectivity index (χ4v) is 3.52. The molecule has 2 rings (SSSR count). The number of ether oxygens (including phenoxy) is 1. The summed E-state index contributed by atoms with van der Waals surface area (Å²) in [6, 6.07) is 2.09. The lowest BCUT2D eigenvalue weighted by molar-refractivity contribution is 0.331. The molecule has 0 bridgehead atoms. The van der Waals surface area contributed by atoms with Crippen molar-refractivity contribution in [3.63, 3.8) is 0 Å². The highest BCUT2D eigenvalue weighted by Crippen LogP contribution is 2.37. The molecule has 124 valence electrons. The summed E-state index contributed by atoms with van der Waals surface area (Å²) in [5.74, 6) is 1.55. The Hall–Kier alpha value is -1.09. The van der Waals surface area contributed by atoms with Crippen molar-refractivity contribution in [1.82, 2.24) is 4.90 Å². The molecule has 1 unspecified atom stereocenters. The van der Waals surface area contributed by atoms with Crippen molar-refractivity contribution in [3.05, 3.63) is 28.6 Å². The predicted molar refractivity (Wildman–Crippen MR) is 90.3 cm³/mol. The Morgan fingerprint density at radius 3 is 2.55 bits per heavy atom. The van der Waals surface area contributed by atoms with Crippen LogP contribution in [0.4, 0.5) is 4.39 Å². The number of halogens is 1. The van der Waals surface area contributed by atoms with Gasteiger partial charge in [-0.15, -0.1) is 0 Å². The van der Waals surface area contributed by atoms with Gasteiger partial charge in [-0.2, -0.15) is 0 Å². The summed E-state index contributed by atoms with van der Waals surface area (Å²) in [6.45, 7) is 5.18. The Kier molecular flexibility index (Phi) is 5.85. The van der Waals surface area contributed by atoms with E-state index in [0.29, 0.717) is 5.92 Å². The van der Waals surface area contributed by atoms with Gasteiger partial charge in [-0.25, -0.2) is 4.39 Å². The first-order valence-corrected chi connectivity index (χ1v) is 8.46. The number of fused-ring (bicyclic) bond motifs is 1. The second kappa shape index (κ2) is 7.45. The molecule has 0 aliphatic heterocycles. The molecule has 0 aromatic heterocycles. The molecule has 0 fully saturated rings. The van der Waals surface area contributed by atoms with Crippen LogP contribution in [0.25, 0.3) is 0 Å². The minimum Gasteiger partial charge on any atom is -0.496 e. The van der Waals surface area contributed by atoms with Gasteiger partial charge in [0, 0.05) is 5.56 Å². The Morgan fingerprint density at radius 1 is 1.27 bits per heavy atom. The van der Waals surface area contributed by atoms with E-state index in [1.165, 1.54) is 6.42 Å². The fourth-order valence-electron chi connectivity index (χ4n) is 3.52. The lowest BCUT2D eigenvalue weighted by atomic mass is 9.93. The van der Waals surface area contributed by atoms with E-state index in [4.69, 9.17) is 4.74 Å². The Labute approximate surface area is 134 Å². The minimum absolute atomic E-state index is 0.0161. The van der Waals surface area contributed by atoms with E-state index in [2.05, 4.69) is 25.1 Å². The van der Waals surface area contributed by atoms with E-state index in [1.54, 1.807) is 7.11 Å². The summed E-state index contributed by atoms with van der Waals surface area (Å²) in [4.78, 5) is 2.23. The van der Waals surface area contributed by atoms with Gasteiger partial charge >= 0.3 is 0 Å². The van der Waals surface area contributed by atoms with Gasteiger partial charge in [-0.3, -0.25) is 0 Å². The zero-order valence-corrected chi connectivity index (χ0v) is 14.7. The van der Waals surface area contributed by atoms with Crippen LogP contribution in [0.5, 0.6) is 5.75 Å². The average molecular weight is 307 g/mol. The predicted octanol–water partition coefficient (Wildman–Crippen LogP) is 4.40. The summed E-state index contributed by atoms with van der Waals surface area (Å²) >= 11 is 0. The van der Waals surface area contributed by atoms with Crippen molar-refractivity contribution in [2.24, 2.45) is 5.92 Å². The average Bonchev–Trinajstić information content (AvgIpc) is 2.66. The maximum absolute atomic E-state index is 15.0. The molecule has 1 aromatic rings. The van der Waals surface area contributed by atoms with Crippen LogP contribution in [-0.2, 0) is 12.8 Å². The standard InChI is InChI=1S/C19H30FNO/c1-13(2)18-17(22-5)12-15-8-6-14(10-11-21(3)4)7-9-16(15)19(18)20/h12-14H,6-11H2,1-5H3. The van der Waals surface area contributed by atoms with Crippen molar-refractivity contribution >= 4 is 0 Å². The van der Waals surface area contributed by atoms with Crippen molar-refractivity contribution in [2.75, 3.05) is 27.7 Å². The van der Waals surface area contributed by atoms with Crippen LogP contribution in [0, 0.1) is 11.7 Å². The molecule has 0 spiro atoms. The molecular weight excluding hydrogens is 277 g/mol. The van der Waals surface area contributed by atoms with Crippen molar-refractivity contribution in [3.8, 4) is 5.75 Å². The van der Waals surface area contributed by atoms with E-state index in [0.717, 1.165) is 54.7 Å². The van der Waals surface area contributed by atoms with Crippen LogP contribution < -0.4 is 4.74 Å². The first-order chi connectivity index (χ1) is 10.4. The van der Waals surface area contributed by atoms with Gasteiger partial charge in [0.1, 0.15) is 11.6 Å². The highest BCUT2D eigenvalue weighted by atomic mass is 19.1. The summed E-state index contributed by atoms with van der Waals surface area (Å²) in [5, 5.41) is 0. The van der Waals surface area contributed by atoms with E-state index < -0.39 is 0 Å². The fraction of sp³-hybridized carbons (Fsp3) is 0.684. The second-order valence-electron chi connectivity index (χ2n) is 7.13. The summed E-state index contributed by atoms with van der Waals surface area (Å²) < 4.78 is 20.4. The number of hydrogen-bond donors (Lipinski definition) is 0. The van der Waals surface area contributed by atoms with Crippen LogP contribution >= 0.6 is 0 Å². The molecule has 1 atom stereocenters. The van der Waals surface area contributed by atoms with Crippen molar-refractivity contribution in [2.45, 2.75) is 51.9 Å². The monoisotopic (exact) mass is 307 g/mol. The number of rotatable bonds is 5. The third kappa shape index (κ3) is 3.81. The van der Waals surface area contributed by atoms with E-state index in [1.807, 2.05) is 13.8 Å². The molecule has 1 aliphatic carbocycles. The zero-order chi connectivity index (χ0) is 16.3. The molecule has 0 radical (unpaired) electrons. The maximum atomic E-state index is 15.0. The van der Waals surface area contributed by atoms with Gasteiger partial charge < -0.3 is 9.64 Å². The molecule has 1 aromatic carbocycles. The maximum Gasteiger partial charge on any atom is 0.133 e. The van der Waals surface area contributed by atoms with E-state index in [-0.39, 0.29) is 11.7 Å². The molecule has 0 heterocycles. The van der Waals surface area contributed by atoms with Gasteiger partial charge in [0.05, 0.1) is 7.11 Å². The molecule has 0 amide bonds. The van der Waals surface area contributed by atoms with E-state index in [9.17, 15) is 4.39 Å². The van der Waals surface area contributed by atoms with Crippen LogP contribution in [0.3, 0.4) is 0 Å². The zero-order valence-electron chi connectivity index (χ0n) is 14.7. The lowest BCUT2D eigenvalue weighted by Crippen LogP contribution is -2.16. The van der Waals surface area contributed by atoms with Gasteiger partial charge in [0.15, 0.2) is 0 Å². The SMILES string of the molecule is COc1cc2c(c(F)c1C(C)C)CCC(CCN(C)C)CC2. The number of methoxy groups -OCH3 is 1. The molecule has 3 heteroatoms. The number of benzene rings is 1. The first-order valence-electron chi connectivity index (χ1n) is 8.46. The molecule has 1 aliphatic rings. The smallest absolute Gasteiger partial charge is 0.133 e. The van der Waals surface area contributed by atoms with Crippen molar-refractivity contribution in [1.29, 1.82) is 0 Å². The largest absolute Gasteiger partial charge is 0.496 e. The van der Waals surface area contributed by atoms with Gasteiger partial charge in [0.25, 0.3) is 0 Å². The van der Waals surface area contributed by atoms with Gasteiger partial charge in [-0.1, -0.05) is 13.8 Å². The Balaban J connectivity index is 2.24. The van der Waals surface area contributed by atoms with Gasteiger partial charge in [-0.05, 0) is 81.8 Å². The van der Waals surface area contributed by atoms with Gasteiger partial charge in [0.2, 0.25) is 0 Å². The number of hydrogen-bond acceptors (Lipinski definition) is 2. The third-order valence-corrected chi connectivity index (χ3v) is 4.87. The van der Waals surface area contributed by atoms with E-state index >= 15 is 0 Å². The lowest BCUT2D eigenvalue weighted by Gasteiger charge is -2.18. The highest BCUT2D eigenvalue weighted by molar-refractivity contribution is 5.46. The molecular formula is C19H30FNO. The molecule has 2 nitrogen and oxygen atoms in total. The summed E-state index contributed by atoms with van der Waals surface area (Å²) in [6.07, 6.45) is 5.30. The molecule has 0 N–H and O–H groups in total. The third-order valence-electron chi connectivity index (χ3n) is 4.87. The Bertz CT molecular complexity index is 511. The Morgan fingerprint density at radius 2 is 1.95 bits per heavy atom. The number of nitrogens with zero attached hydrogens (tertiary/aromatic N) is 1. The van der Waals surface area contributed by atoms with Crippen LogP contribution in [-0.4, -0.2) is 32.6 Å². The molecule has 0 saturated heterocycles. The van der Waals surface area contributed by atoms with Crippen molar-refractivity contribution < 1.29 is 9.13 Å². The quantitative estimate of drug-likeness (QED) is 0.747. The summed E-state index contributed by atoms with van der Waals surface area (Å²) in [5.41, 5.74) is 2.84. The summed E-state index contributed by atoms with van der Waals surface area (Å²) in [7, 11) is 5.87.